The maximum Gasteiger partial charge on any atom is 0.305 e. The first-order valence-corrected chi connectivity index (χ1v) is 11.3. The second kappa shape index (κ2) is 11.9. The molecule has 0 aromatic carbocycles. The summed E-state index contributed by atoms with van der Waals surface area (Å²) in [5.74, 6) is -1.76. The van der Waals surface area contributed by atoms with Gasteiger partial charge in [-0.3, -0.25) is 14.4 Å². The molecule has 2 rings (SSSR count). The molecule has 0 saturated carbocycles. The minimum atomic E-state index is -0.800. The molecule has 33 heavy (non-hydrogen) atoms. The van der Waals surface area contributed by atoms with Crippen LogP contribution in [0.5, 0.6) is 0 Å². The largest absolute Gasteiger partial charge is 0.462 e. The Hall–Kier alpha value is -2.83. The molecule has 0 amide bonds. The summed E-state index contributed by atoms with van der Waals surface area (Å²) in [6.45, 7) is 16.1. The standard InChI is InChI=1S/C26H36O7/c1-15(2)23(31-18(5)27)13-24(32-19(6)28)22-14-30-26(33-20(7)29)25-17(4)10-8-9-16(3)11-12-21(22)25/h9,14,21,23-26H,1,4,8,10-13H2,2-3,5-7H3/b16-9-/t21-,23?,24?,25+,26-/m1/s1. The lowest BCUT2D eigenvalue weighted by molar-refractivity contribution is -0.181. The van der Waals surface area contributed by atoms with Crippen LogP contribution in [0.15, 0.2) is 47.8 Å². The molecule has 0 N–H and O–H groups in total. The fourth-order valence-electron chi connectivity index (χ4n) is 4.47. The van der Waals surface area contributed by atoms with Crippen LogP contribution in [0, 0.1) is 11.8 Å². The van der Waals surface area contributed by atoms with Gasteiger partial charge in [-0.15, -0.1) is 0 Å². The van der Waals surface area contributed by atoms with Crippen molar-refractivity contribution in [3.8, 4) is 0 Å². The Morgan fingerprint density at radius 3 is 2.33 bits per heavy atom. The molecule has 0 aromatic heterocycles. The van der Waals surface area contributed by atoms with Crippen LogP contribution in [-0.4, -0.2) is 36.4 Å². The van der Waals surface area contributed by atoms with Gasteiger partial charge in [0, 0.05) is 38.7 Å². The van der Waals surface area contributed by atoms with E-state index in [0.717, 1.165) is 36.8 Å². The monoisotopic (exact) mass is 460 g/mol. The van der Waals surface area contributed by atoms with Crippen LogP contribution in [0.3, 0.4) is 0 Å². The molecule has 7 heteroatoms. The Kier molecular flexibility index (Phi) is 9.50. The van der Waals surface area contributed by atoms with E-state index in [-0.39, 0.29) is 18.3 Å². The Morgan fingerprint density at radius 1 is 1.09 bits per heavy atom. The van der Waals surface area contributed by atoms with Crippen molar-refractivity contribution in [2.45, 2.75) is 85.2 Å². The molecular weight excluding hydrogens is 424 g/mol. The molecule has 0 radical (unpaired) electrons. The van der Waals surface area contributed by atoms with Gasteiger partial charge in [0.1, 0.15) is 12.2 Å². The summed E-state index contributed by atoms with van der Waals surface area (Å²) in [5.41, 5.74) is 3.59. The van der Waals surface area contributed by atoms with Crippen molar-refractivity contribution in [3.05, 3.63) is 47.8 Å². The Balaban J connectivity index is 2.49. The predicted molar refractivity (Wildman–Crippen MR) is 124 cm³/mol. The van der Waals surface area contributed by atoms with Crippen LogP contribution in [0.2, 0.25) is 0 Å². The highest BCUT2D eigenvalue weighted by molar-refractivity contribution is 5.67. The van der Waals surface area contributed by atoms with E-state index in [2.05, 4.69) is 26.2 Å². The van der Waals surface area contributed by atoms with E-state index < -0.39 is 36.4 Å². The molecule has 1 aliphatic carbocycles. The quantitative estimate of drug-likeness (QED) is 0.302. The molecule has 1 heterocycles. The number of esters is 3. The number of hydrogen-bond donors (Lipinski definition) is 0. The molecule has 0 fully saturated rings. The highest BCUT2D eigenvalue weighted by Crippen LogP contribution is 2.44. The Morgan fingerprint density at radius 2 is 1.76 bits per heavy atom. The van der Waals surface area contributed by atoms with Crippen molar-refractivity contribution in [2.75, 3.05) is 0 Å². The van der Waals surface area contributed by atoms with Gasteiger partial charge in [-0.25, -0.2) is 0 Å². The molecule has 7 nitrogen and oxygen atoms in total. The Bertz CT molecular complexity index is 851. The minimum absolute atomic E-state index is 0.135. The van der Waals surface area contributed by atoms with Gasteiger partial charge < -0.3 is 18.9 Å². The number of ether oxygens (including phenoxy) is 4. The van der Waals surface area contributed by atoms with Gasteiger partial charge in [-0.05, 0) is 45.1 Å². The van der Waals surface area contributed by atoms with Gasteiger partial charge in [-0.1, -0.05) is 30.4 Å². The predicted octanol–water partition coefficient (Wildman–Crippen LogP) is 4.93. The second-order valence-electron chi connectivity index (χ2n) is 8.93. The van der Waals surface area contributed by atoms with Crippen molar-refractivity contribution in [2.24, 2.45) is 11.8 Å². The first-order valence-electron chi connectivity index (χ1n) is 11.3. The van der Waals surface area contributed by atoms with Crippen molar-refractivity contribution in [1.29, 1.82) is 0 Å². The maximum absolute atomic E-state index is 12.0. The van der Waals surface area contributed by atoms with E-state index in [4.69, 9.17) is 18.9 Å². The van der Waals surface area contributed by atoms with Crippen LogP contribution in [0.25, 0.3) is 0 Å². The van der Waals surface area contributed by atoms with Gasteiger partial charge in [0.05, 0.1) is 12.2 Å². The van der Waals surface area contributed by atoms with E-state index in [9.17, 15) is 14.4 Å². The third kappa shape index (κ3) is 7.62. The van der Waals surface area contributed by atoms with E-state index in [1.54, 1.807) is 6.92 Å². The van der Waals surface area contributed by atoms with E-state index in [0.29, 0.717) is 5.57 Å². The highest BCUT2D eigenvalue weighted by atomic mass is 16.7. The summed E-state index contributed by atoms with van der Waals surface area (Å²) in [5, 5.41) is 0. The molecule has 1 aliphatic heterocycles. The zero-order valence-electron chi connectivity index (χ0n) is 20.3. The molecular formula is C26H36O7. The molecule has 0 spiro atoms. The molecule has 0 aromatic rings. The molecule has 0 bridgehead atoms. The van der Waals surface area contributed by atoms with Crippen molar-refractivity contribution in [3.63, 3.8) is 0 Å². The number of rotatable bonds is 7. The first kappa shape index (κ1) is 26.4. The zero-order chi connectivity index (χ0) is 24.7. The molecule has 2 aliphatic rings. The lowest BCUT2D eigenvalue weighted by Crippen LogP contribution is -2.42. The van der Waals surface area contributed by atoms with Crippen LogP contribution in [0.4, 0.5) is 0 Å². The topological polar surface area (TPSA) is 88.1 Å². The summed E-state index contributed by atoms with van der Waals surface area (Å²) in [7, 11) is 0. The van der Waals surface area contributed by atoms with Crippen LogP contribution in [0.1, 0.15) is 66.7 Å². The summed E-state index contributed by atoms with van der Waals surface area (Å²) in [6, 6.07) is 0. The third-order valence-electron chi connectivity index (χ3n) is 6.02. The van der Waals surface area contributed by atoms with E-state index in [1.807, 2.05) is 0 Å². The first-order chi connectivity index (χ1) is 15.5. The number of fused-ring (bicyclic) bond motifs is 1. The zero-order valence-corrected chi connectivity index (χ0v) is 20.3. The molecule has 5 atom stereocenters. The summed E-state index contributed by atoms with van der Waals surface area (Å²) in [4.78, 5) is 35.4. The molecule has 182 valence electrons. The summed E-state index contributed by atoms with van der Waals surface area (Å²) < 4.78 is 22.5. The molecule has 2 unspecified atom stereocenters. The molecule has 0 saturated heterocycles. The fourth-order valence-corrected chi connectivity index (χ4v) is 4.47. The fraction of sp³-hybridized carbons (Fsp3) is 0.577. The van der Waals surface area contributed by atoms with E-state index in [1.165, 1.54) is 32.6 Å². The van der Waals surface area contributed by atoms with Crippen LogP contribution in [-0.2, 0) is 33.3 Å². The minimum Gasteiger partial charge on any atom is -0.462 e. The van der Waals surface area contributed by atoms with Gasteiger partial charge >= 0.3 is 17.9 Å². The highest BCUT2D eigenvalue weighted by Gasteiger charge is 2.43. The average Bonchev–Trinajstić information content (AvgIpc) is 2.76. The van der Waals surface area contributed by atoms with Gasteiger partial charge in [0.15, 0.2) is 0 Å². The van der Waals surface area contributed by atoms with Crippen molar-refractivity contribution < 1.29 is 33.3 Å². The number of carbonyl (C=O) groups excluding carboxylic acids is 3. The lowest BCUT2D eigenvalue weighted by atomic mass is 9.74. The Labute approximate surface area is 196 Å². The average molecular weight is 461 g/mol. The number of carbonyl (C=O) groups is 3. The smallest absolute Gasteiger partial charge is 0.305 e. The summed E-state index contributed by atoms with van der Waals surface area (Å²) in [6.07, 6.45) is 4.97. The third-order valence-corrected chi connectivity index (χ3v) is 6.02. The normalized spacial score (nSPS) is 26.3. The lowest BCUT2D eigenvalue weighted by Gasteiger charge is -2.41. The van der Waals surface area contributed by atoms with Crippen LogP contribution >= 0.6 is 0 Å². The van der Waals surface area contributed by atoms with Crippen LogP contribution < -0.4 is 0 Å². The SMILES string of the molecule is C=C(C)C(CC(OC(C)=O)C1=CO[C@H](OC(C)=O)[C@H]2C(=C)CC/C=C(/C)CC[C@H]12)OC(C)=O. The van der Waals surface area contributed by atoms with Crippen molar-refractivity contribution in [1.82, 2.24) is 0 Å². The maximum atomic E-state index is 12.0. The van der Waals surface area contributed by atoms with Gasteiger partial charge in [0.2, 0.25) is 6.29 Å². The number of allylic oxidation sites excluding steroid dienone is 2. The summed E-state index contributed by atoms with van der Waals surface area (Å²) >= 11 is 0. The van der Waals surface area contributed by atoms with E-state index >= 15 is 0 Å². The van der Waals surface area contributed by atoms with Crippen molar-refractivity contribution >= 4 is 17.9 Å². The number of hydrogen-bond acceptors (Lipinski definition) is 7. The van der Waals surface area contributed by atoms with Gasteiger partial charge in [0.25, 0.3) is 0 Å². The second-order valence-corrected chi connectivity index (χ2v) is 8.93. The van der Waals surface area contributed by atoms with Gasteiger partial charge in [-0.2, -0.15) is 0 Å².